The lowest BCUT2D eigenvalue weighted by Gasteiger charge is -2.08. The van der Waals surface area contributed by atoms with E-state index < -0.39 is 0 Å². The zero-order chi connectivity index (χ0) is 19.6. The van der Waals surface area contributed by atoms with Crippen molar-refractivity contribution in [3.8, 4) is 5.75 Å². The maximum absolute atomic E-state index is 12.1. The normalized spacial score (nSPS) is 10.6. The molecule has 0 unspecified atom stereocenters. The smallest absolute Gasteiger partial charge is 0.224 e. The second-order valence-electron chi connectivity index (χ2n) is 6.64. The maximum atomic E-state index is 12.1. The van der Waals surface area contributed by atoms with Crippen molar-refractivity contribution in [1.29, 1.82) is 0 Å². The van der Waals surface area contributed by atoms with Crippen LogP contribution in [0.25, 0.3) is 0 Å². The summed E-state index contributed by atoms with van der Waals surface area (Å²) in [5.74, 6) is 0.828. The van der Waals surface area contributed by atoms with Crippen LogP contribution in [0.1, 0.15) is 24.0 Å². The molecule has 0 bridgehead atoms. The van der Waals surface area contributed by atoms with Gasteiger partial charge in [0, 0.05) is 44.0 Å². The summed E-state index contributed by atoms with van der Waals surface area (Å²) in [6, 6.07) is 17.5. The summed E-state index contributed by atoms with van der Waals surface area (Å²) in [5, 5.41) is 10.5. The number of ether oxygens (including phenoxy) is 1. The van der Waals surface area contributed by atoms with Crippen molar-refractivity contribution in [2.24, 2.45) is 7.05 Å². The molecule has 6 nitrogen and oxygen atoms in total. The SMILES string of the molecule is Cn1cc(CNCc2ccc(NC(=O)CCCOc3ccccc3)cc2)cn1. The van der Waals surface area contributed by atoms with E-state index in [4.69, 9.17) is 4.74 Å². The molecule has 2 N–H and O–H groups in total. The van der Waals surface area contributed by atoms with E-state index >= 15 is 0 Å². The third kappa shape index (κ3) is 6.55. The largest absolute Gasteiger partial charge is 0.494 e. The van der Waals surface area contributed by atoms with Crippen LogP contribution in [0.5, 0.6) is 5.75 Å². The number of aromatic nitrogens is 2. The predicted molar refractivity (Wildman–Crippen MR) is 110 cm³/mol. The Balaban J connectivity index is 1.33. The maximum Gasteiger partial charge on any atom is 0.224 e. The highest BCUT2D eigenvalue weighted by atomic mass is 16.5. The van der Waals surface area contributed by atoms with Crippen LogP contribution in [-0.2, 0) is 24.9 Å². The van der Waals surface area contributed by atoms with E-state index in [1.807, 2.05) is 74.0 Å². The van der Waals surface area contributed by atoms with Crippen LogP contribution in [-0.4, -0.2) is 22.3 Å². The lowest BCUT2D eigenvalue weighted by atomic mass is 10.2. The van der Waals surface area contributed by atoms with Gasteiger partial charge in [-0.05, 0) is 36.2 Å². The summed E-state index contributed by atoms with van der Waals surface area (Å²) < 4.78 is 7.39. The highest BCUT2D eigenvalue weighted by molar-refractivity contribution is 5.90. The molecular weight excluding hydrogens is 352 g/mol. The number of para-hydroxylation sites is 1. The van der Waals surface area contributed by atoms with Crippen LogP contribution in [0.2, 0.25) is 0 Å². The van der Waals surface area contributed by atoms with Gasteiger partial charge in [-0.2, -0.15) is 5.10 Å². The number of amides is 1. The van der Waals surface area contributed by atoms with Crippen molar-refractivity contribution < 1.29 is 9.53 Å². The van der Waals surface area contributed by atoms with Crippen molar-refractivity contribution >= 4 is 11.6 Å². The van der Waals surface area contributed by atoms with E-state index in [9.17, 15) is 4.79 Å². The summed E-state index contributed by atoms with van der Waals surface area (Å²) in [7, 11) is 1.91. The average molecular weight is 378 g/mol. The van der Waals surface area contributed by atoms with Gasteiger partial charge in [0.15, 0.2) is 0 Å². The number of carbonyl (C=O) groups is 1. The second-order valence-corrected chi connectivity index (χ2v) is 6.64. The molecule has 2 aromatic carbocycles. The zero-order valence-electron chi connectivity index (χ0n) is 16.1. The molecule has 3 rings (SSSR count). The molecule has 0 aliphatic rings. The Morgan fingerprint density at radius 3 is 2.50 bits per heavy atom. The summed E-state index contributed by atoms with van der Waals surface area (Å²) >= 11 is 0. The fourth-order valence-electron chi connectivity index (χ4n) is 2.78. The molecule has 1 aromatic heterocycles. The van der Waals surface area contributed by atoms with Crippen molar-refractivity contribution in [3.63, 3.8) is 0 Å². The van der Waals surface area contributed by atoms with Gasteiger partial charge in [-0.1, -0.05) is 30.3 Å². The first kappa shape index (κ1) is 19.6. The highest BCUT2D eigenvalue weighted by Crippen LogP contribution is 2.12. The third-order valence-electron chi connectivity index (χ3n) is 4.21. The van der Waals surface area contributed by atoms with Crippen molar-refractivity contribution in [3.05, 3.63) is 78.1 Å². The standard InChI is InChI=1S/C22H26N4O2/c1-26-17-19(16-24-26)15-23-14-18-9-11-20(12-10-18)25-22(27)8-5-13-28-21-6-3-2-4-7-21/h2-4,6-7,9-12,16-17,23H,5,8,13-15H2,1H3,(H,25,27). The number of nitrogens with zero attached hydrogens (tertiary/aromatic N) is 2. The molecule has 28 heavy (non-hydrogen) atoms. The van der Waals surface area contributed by atoms with E-state index in [0.29, 0.717) is 19.4 Å². The number of hydrogen-bond acceptors (Lipinski definition) is 4. The zero-order valence-corrected chi connectivity index (χ0v) is 16.1. The predicted octanol–water partition coefficient (Wildman–Crippen LogP) is 3.51. The Hall–Kier alpha value is -3.12. The molecule has 146 valence electrons. The first-order valence-electron chi connectivity index (χ1n) is 9.44. The molecule has 0 aliphatic heterocycles. The fourth-order valence-corrected chi connectivity index (χ4v) is 2.78. The van der Waals surface area contributed by atoms with Crippen LogP contribution >= 0.6 is 0 Å². The summed E-state index contributed by atoms with van der Waals surface area (Å²) in [5.41, 5.74) is 3.13. The number of carbonyl (C=O) groups excluding carboxylic acids is 1. The first-order chi connectivity index (χ1) is 13.7. The lowest BCUT2D eigenvalue weighted by Crippen LogP contribution is -2.14. The Labute approximate surface area is 165 Å². The van der Waals surface area contributed by atoms with Crippen LogP contribution < -0.4 is 15.4 Å². The van der Waals surface area contributed by atoms with E-state index in [1.54, 1.807) is 4.68 Å². The summed E-state index contributed by atoms with van der Waals surface area (Å²) in [6.45, 7) is 2.07. The molecule has 1 heterocycles. The van der Waals surface area contributed by atoms with Gasteiger partial charge in [-0.25, -0.2) is 0 Å². The topological polar surface area (TPSA) is 68.2 Å². The quantitative estimate of drug-likeness (QED) is 0.530. The van der Waals surface area contributed by atoms with E-state index in [-0.39, 0.29) is 5.91 Å². The van der Waals surface area contributed by atoms with Gasteiger partial charge in [-0.3, -0.25) is 9.48 Å². The van der Waals surface area contributed by atoms with Gasteiger partial charge >= 0.3 is 0 Å². The minimum Gasteiger partial charge on any atom is -0.494 e. The molecule has 0 fully saturated rings. The first-order valence-corrected chi connectivity index (χ1v) is 9.44. The molecule has 3 aromatic rings. The summed E-state index contributed by atoms with van der Waals surface area (Å²) in [6.07, 6.45) is 4.96. The van der Waals surface area contributed by atoms with Gasteiger partial charge < -0.3 is 15.4 Å². The fraction of sp³-hybridized carbons (Fsp3) is 0.273. The average Bonchev–Trinajstić information content (AvgIpc) is 3.12. The number of nitrogens with one attached hydrogen (secondary N) is 2. The second kappa shape index (κ2) is 10.3. The molecule has 0 radical (unpaired) electrons. The number of hydrogen-bond donors (Lipinski definition) is 2. The van der Waals surface area contributed by atoms with Gasteiger partial charge in [-0.15, -0.1) is 0 Å². The van der Waals surface area contributed by atoms with Gasteiger partial charge in [0.05, 0.1) is 12.8 Å². The van der Waals surface area contributed by atoms with E-state index in [0.717, 1.165) is 35.7 Å². The number of benzene rings is 2. The Morgan fingerprint density at radius 1 is 1.04 bits per heavy atom. The molecular formula is C22H26N4O2. The van der Waals surface area contributed by atoms with E-state index in [1.165, 1.54) is 0 Å². The summed E-state index contributed by atoms with van der Waals surface area (Å²) in [4.78, 5) is 12.1. The van der Waals surface area contributed by atoms with Crippen LogP contribution in [0.15, 0.2) is 67.0 Å². The monoisotopic (exact) mass is 378 g/mol. The van der Waals surface area contributed by atoms with Crippen LogP contribution in [0.3, 0.4) is 0 Å². The Morgan fingerprint density at radius 2 is 1.79 bits per heavy atom. The Bertz CT molecular complexity index is 860. The number of anilines is 1. The highest BCUT2D eigenvalue weighted by Gasteiger charge is 2.03. The minimum atomic E-state index is -0.000820. The third-order valence-corrected chi connectivity index (χ3v) is 4.21. The van der Waals surface area contributed by atoms with Gasteiger partial charge in [0.2, 0.25) is 5.91 Å². The Kier molecular flexibility index (Phi) is 7.21. The lowest BCUT2D eigenvalue weighted by molar-refractivity contribution is -0.116. The minimum absolute atomic E-state index is 0.000820. The molecule has 1 amide bonds. The number of rotatable bonds is 10. The van der Waals surface area contributed by atoms with Crippen LogP contribution in [0.4, 0.5) is 5.69 Å². The van der Waals surface area contributed by atoms with Crippen LogP contribution in [0, 0.1) is 0 Å². The van der Waals surface area contributed by atoms with E-state index in [2.05, 4.69) is 15.7 Å². The molecule has 0 aliphatic carbocycles. The molecule has 0 saturated heterocycles. The molecule has 0 spiro atoms. The van der Waals surface area contributed by atoms with Crippen molar-refractivity contribution in [1.82, 2.24) is 15.1 Å². The molecule has 0 saturated carbocycles. The van der Waals surface area contributed by atoms with Gasteiger partial charge in [0.25, 0.3) is 0 Å². The number of aryl methyl sites for hydroxylation is 1. The van der Waals surface area contributed by atoms with Crippen molar-refractivity contribution in [2.75, 3.05) is 11.9 Å². The molecule has 6 heteroatoms. The molecule has 0 atom stereocenters. The van der Waals surface area contributed by atoms with Gasteiger partial charge in [0.1, 0.15) is 5.75 Å². The van der Waals surface area contributed by atoms with Crippen molar-refractivity contribution in [2.45, 2.75) is 25.9 Å².